The van der Waals surface area contributed by atoms with Crippen molar-refractivity contribution in [1.29, 1.82) is 0 Å². The number of hydrogen-bond acceptors (Lipinski definition) is 6. The van der Waals surface area contributed by atoms with Gasteiger partial charge in [-0.1, -0.05) is 136 Å². The lowest BCUT2D eigenvalue weighted by molar-refractivity contribution is 0.170. The third-order valence-corrected chi connectivity index (χ3v) is 14.3. The van der Waals surface area contributed by atoms with Crippen LogP contribution in [0.3, 0.4) is 0 Å². The Morgan fingerprint density at radius 1 is 0.953 bits per heavy atom. The number of amidine groups is 1. The minimum atomic E-state index is -0.272. The molecule has 0 saturated carbocycles. The Bertz CT molecular complexity index is 2580. The number of nitrogens with zero attached hydrogens (tertiary/aromatic N) is 3. The highest BCUT2D eigenvalue weighted by molar-refractivity contribution is 6.01. The van der Waals surface area contributed by atoms with Gasteiger partial charge in [0.1, 0.15) is 30.0 Å². The van der Waals surface area contributed by atoms with Crippen LogP contribution in [-0.2, 0) is 4.74 Å². The second kappa shape index (κ2) is 18.6. The topological polar surface area (TPSA) is 61.8 Å². The normalized spacial score (nSPS) is 28.7. The molecule has 326 valence electrons. The fourth-order valence-electron chi connectivity index (χ4n) is 11.4. The third-order valence-electron chi connectivity index (χ3n) is 14.3. The Morgan fingerprint density at radius 2 is 1.78 bits per heavy atom. The summed E-state index contributed by atoms with van der Waals surface area (Å²) in [5, 5.41) is 7.99. The van der Waals surface area contributed by atoms with Gasteiger partial charge in [-0.25, -0.2) is 4.99 Å². The first-order valence-electron chi connectivity index (χ1n) is 24.1. The maximum Gasteiger partial charge on any atom is 0.131 e. The van der Waals surface area contributed by atoms with Crippen molar-refractivity contribution in [2.24, 2.45) is 16.8 Å². The summed E-state index contributed by atoms with van der Waals surface area (Å²) in [6.45, 7) is 10.8. The number of aromatic nitrogens is 1. The Kier molecular flexibility index (Phi) is 12.2. The molecule has 0 spiro atoms. The molecule has 6 unspecified atom stereocenters. The van der Waals surface area contributed by atoms with E-state index in [2.05, 4.69) is 177 Å². The largest absolute Gasteiger partial charge is 0.485 e. The van der Waals surface area contributed by atoms with E-state index in [0.717, 1.165) is 92.6 Å². The van der Waals surface area contributed by atoms with Gasteiger partial charge >= 0.3 is 0 Å². The SMILES string of the molecule is C=C/C=C(\CCC)C1N=C(C2=CCCC=C2)NC(c2cc(C3=CC=CCC3C3=CC=CCC3)cnc2C(C)C2=C(/C=C\C)O[C@@H]3C=CC4=C(C5=CC=CCC5N4C4=CCCC=C4)C23)N1. The van der Waals surface area contributed by atoms with Crippen LogP contribution in [0.15, 0.2) is 202 Å². The first-order chi connectivity index (χ1) is 31.6. The molecule has 0 aromatic carbocycles. The van der Waals surface area contributed by atoms with Crippen molar-refractivity contribution in [2.75, 3.05) is 0 Å². The van der Waals surface area contributed by atoms with Crippen LogP contribution in [0, 0.1) is 11.8 Å². The van der Waals surface area contributed by atoms with Gasteiger partial charge in [0.15, 0.2) is 0 Å². The average molecular weight is 846 g/mol. The van der Waals surface area contributed by atoms with Crippen LogP contribution in [-0.4, -0.2) is 34.0 Å². The summed E-state index contributed by atoms with van der Waals surface area (Å²) < 4.78 is 7.05. The molecule has 6 heteroatoms. The first-order valence-corrected chi connectivity index (χ1v) is 24.1. The number of rotatable bonds is 12. The number of nitrogens with one attached hydrogen (secondary N) is 2. The van der Waals surface area contributed by atoms with Crippen LogP contribution in [0.1, 0.15) is 114 Å². The minimum Gasteiger partial charge on any atom is -0.485 e. The Labute approximate surface area is 381 Å². The molecular formula is C58H63N5O. The van der Waals surface area contributed by atoms with Crippen LogP contribution in [0.2, 0.25) is 0 Å². The van der Waals surface area contributed by atoms with E-state index in [1.54, 1.807) is 0 Å². The lowest BCUT2D eigenvalue weighted by atomic mass is 9.73. The summed E-state index contributed by atoms with van der Waals surface area (Å²) in [5.41, 5.74) is 15.3. The molecule has 3 aliphatic heterocycles. The number of allylic oxidation sites excluding steroid dienone is 20. The first kappa shape index (κ1) is 42.0. The van der Waals surface area contributed by atoms with E-state index >= 15 is 0 Å². The molecule has 0 saturated heterocycles. The Hall–Kier alpha value is -5.98. The fraction of sp³-hybridized carbons (Fsp3) is 0.345. The van der Waals surface area contributed by atoms with Gasteiger partial charge in [0.05, 0.1) is 17.7 Å². The molecule has 64 heavy (non-hydrogen) atoms. The number of ether oxygens (including phenoxy) is 1. The van der Waals surface area contributed by atoms with E-state index in [-0.39, 0.29) is 36.3 Å². The summed E-state index contributed by atoms with van der Waals surface area (Å²) in [5.74, 6) is 2.15. The zero-order valence-corrected chi connectivity index (χ0v) is 37.8. The monoisotopic (exact) mass is 846 g/mol. The van der Waals surface area contributed by atoms with Crippen molar-refractivity contribution in [1.82, 2.24) is 20.5 Å². The van der Waals surface area contributed by atoms with Gasteiger partial charge < -0.3 is 15.0 Å². The molecule has 6 nitrogen and oxygen atoms in total. The molecule has 10 rings (SSSR count). The van der Waals surface area contributed by atoms with Crippen LogP contribution in [0.5, 0.6) is 0 Å². The van der Waals surface area contributed by atoms with Crippen molar-refractivity contribution in [3.05, 3.63) is 214 Å². The molecule has 2 N–H and O–H groups in total. The highest BCUT2D eigenvalue weighted by Gasteiger charge is 2.50. The zero-order chi connectivity index (χ0) is 43.6. The molecule has 0 radical (unpaired) electrons. The molecule has 9 aliphatic rings. The highest BCUT2D eigenvalue weighted by atomic mass is 16.5. The van der Waals surface area contributed by atoms with Crippen molar-refractivity contribution < 1.29 is 4.74 Å². The number of pyridine rings is 1. The number of fused-ring (bicyclic) bond motifs is 4. The standard InChI is InChI=1S/C58H63N5O/c1-5-21-40(22-6-2)56-60-57(41-26-13-9-14-27-41)62-58(61-56)47-36-42(45-31-18-17-30-44(45)39-24-11-8-12-25-39)37-59-55(47)38(4)52-50(23-7-3)64-51-35-34-49-53(54(51)52)46-32-19-20-33-48(46)63(49)43-28-15-10-16-29-43/h5,7-8,11,13,15,17-21,23-24,26-29,31-32,34-38,44,48,51,54,56,58,61H,1,6,9-10,12,14,16,22,25,30,33H2,2-4H3,(H,60,62)/b23-7-,40-21+/t38?,44?,48?,51-,54?,56?,58?/m1/s1. The van der Waals surface area contributed by atoms with E-state index in [4.69, 9.17) is 14.7 Å². The Morgan fingerprint density at radius 3 is 2.55 bits per heavy atom. The van der Waals surface area contributed by atoms with Gasteiger partial charge in [-0.15, -0.1) is 0 Å². The highest BCUT2D eigenvalue weighted by Crippen LogP contribution is 2.55. The molecule has 1 aromatic heterocycles. The molecule has 1 aromatic rings. The van der Waals surface area contributed by atoms with E-state index < -0.39 is 0 Å². The summed E-state index contributed by atoms with van der Waals surface area (Å²) in [4.78, 5) is 13.6. The third kappa shape index (κ3) is 7.85. The molecule has 0 fully saturated rings. The number of aliphatic imine (C=N–C) groups is 1. The molecule has 7 atom stereocenters. The van der Waals surface area contributed by atoms with Gasteiger partial charge in [0.25, 0.3) is 0 Å². The van der Waals surface area contributed by atoms with E-state index in [1.807, 2.05) is 6.08 Å². The maximum atomic E-state index is 7.05. The Balaban J connectivity index is 1.12. The molecule has 0 amide bonds. The van der Waals surface area contributed by atoms with Gasteiger partial charge in [0, 0.05) is 40.6 Å². The van der Waals surface area contributed by atoms with E-state index in [1.165, 1.54) is 50.4 Å². The van der Waals surface area contributed by atoms with E-state index in [9.17, 15) is 0 Å². The van der Waals surface area contributed by atoms with Gasteiger partial charge in [-0.3, -0.25) is 10.3 Å². The fourth-order valence-corrected chi connectivity index (χ4v) is 11.4. The van der Waals surface area contributed by atoms with Gasteiger partial charge in [0.2, 0.25) is 0 Å². The second-order valence-corrected chi connectivity index (χ2v) is 18.3. The number of hydrogen-bond donors (Lipinski definition) is 2. The molecule has 4 heterocycles. The molecule has 0 bridgehead atoms. The zero-order valence-electron chi connectivity index (χ0n) is 37.8. The minimum absolute atomic E-state index is 0.0390. The van der Waals surface area contributed by atoms with E-state index in [0.29, 0.717) is 5.92 Å². The lowest BCUT2D eigenvalue weighted by Gasteiger charge is -2.36. The van der Waals surface area contributed by atoms with Crippen LogP contribution in [0.4, 0.5) is 0 Å². The quantitative estimate of drug-likeness (QED) is 0.205. The van der Waals surface area contributed by atoms with Crippen LogP contribution in [0.25, 0.3) is 5.57 Å². The predicted molar refractivity (Wildman–Crippen MR) is 265 cm³/mol. The predicted octanol–water partition coefficient (Wildman–Crippen LogP) is 13.0. The van der Waals surface area contributed by atoms with Crippen LogP contribution >= 0.6 is 0 Å². The van der Waals surface area contributed by atoms with Crippen molar-refractivity contribution in [3.8, 4) is 0 Å². The van der Waals surface area contributed by atoms with Gasteiger partial charge in [-0.2, -0.15) is 0 Å². The summed E-state index contributed by atoms with van der Waals surface area (Å²) in [6.07, 6.45) is 59.5. The summed E-state index contributed by atoms with van der Waals surface area (Å²) in [6, 6.07) is 2.71. The van der Waals surface area contributed by atoms with Crippen LogP contribution < -0.4 is 10.6 Å². The van der Waals surface area contributed by atoms with Crippen molar-refractivity contribution in [2.45, 2.75) is 115 Å². The summed E-state index contributed by atoms with van der Waals surface area (Å²) in [7, 11) is 0. The van der Waals surface area contributed by atoms with Crippen molar-refractivity contribution in [3.63, 3.8) is 0 Å². The van der Waals surface area contributed by atoms with Crippen molar-refractivity contribution >= 4 is 11.4 Å². The smallest absolute Gasteiger partial charge is 0.131 e. The average Bonchev–Trinajstić information content (AvgIpc) is 3.89. The lowest BCUT2D eigenvalue weighted by Crippen LogP contribution is -2.49. The molecule has 6 aliphatic carbocycles. The summed E-state index contributed by atoms with van der Waals surface area (Å²) >= 11 is 0. The van der Waals surface area contributed by atoms with Gasteiger partial charge in [-0.05, 0) is 129 Å². The second-order valence-electron chi connectivity index (χ2n) is 18.3. The maximum absolute atomic E-state index is 7.05. The molecular weight excluding hydrogens is 783 g/mol.